The molecule has 0 radical (unpaired) electrons. The molecule has 0 saturated carbocycles. The SMILES string of the molecule is O=C(O)[C@@H]1CCCCN1S(=O)(=O)c1cccs1. The average molecular weight is 275 g/mol. The minimum absolute atomic E-state index is 0.214. The number of nitrogens with zero attached hydrogens (tertiary/aromatic N) is 1. The van der Waals surface area contributed by atoms with Gasteiger partial charge in [0.05, 0.1) is 0 Å². The maximum absolute atomic E-state index is 12.2. The zero-order valence-electron chi connectivity index (χ0n) is 9.07. The lowest BCUT2D eigenvalue weighted by molar-refractivity contribution is -0.142. The van der Waals surface area contributed by atoms with Crippen LogP contribution in [0.5, 0.6) is 0 Å². The van der Waals surface area contributed by atoms with Gasteiger partial charge in [0.25, 0.3) is 10.0 Å². The van der Waals surface area contributed by atoms with E-state index in [1.807, 2.05) is 0 Å². The molecule has 2 rings (SSSR count). The van der Waals surface area contributed by atoms with E-state index in [9.17, 15) is 13.2 Å². The van der Waals surface area contributed by atoms with Crippen LogP contribution in [-0.2, 0) is 14.8 Å². The lowest BCUT2D eigenvalue weighted by atomic mass is 10.1. The summed E-state index contributed by atoms with van der Waals surface area (Å²) in [5, 5.41) is 10.7. The molecule has 1 aliphatic rings. The quantitative estimate of drug-likeness (QED) is 0.904. The van der Waals surface area contributed by atoms with Crippen LogP contribution in [0.2, 0.25) is 0 Å². The molecule has 2 heterocycles. The number of carbonyl (C=O) groups is 1. The second-order valence-electron chi connectivity index (χ2n) is 3.90. The highest BCUT2D eigenvalue weighted by Crippen LogP contribution is 2.27. The molecule has 1 aliphatic heterocycles. The Morgan fingerprint density at radius 1 is 1.47 bits per heavy atom. The number of carboxylic acids is 1. The van der Waals surface area contributed by atoms with Gasteiger partial charge in [-0.25, -0.2) is 8.42 Å². The molecule has 1 aromatic heterocycles. The summed E-state index contributed by atoms with van der Waals surface area (Å²) >= 11 is 1.11. The summed E-state index contributed by atoms with van der Waals surface area (Å²) in [6.45, 7) is 0.289. The highest BCUT2D eigenvalue weighted by molar-refractivity contribution is 7.91. The molecule has 17 heavy (non-hydrogen) atoms. The predicted molar refractivity (Wildman–Crippen MR) is 63.5 cm³/mol. The topological polar surface area (TPSA) is 74.7 Å². The van der Waals surface area contributed by atoms with Crippen LogP contribution in [-0.4, -0.2) is 36.4 Å². The fraction of sp³-hybridized carbons (Fsp3) is 0.500. The van der Waals surface area contributed by atoms with E-state index in [0.717, 1.165) is 22.1 Å². The standard InChI is InChI=1S/C10H13NO4S2/c12-10(13)8-4-1-2-6-11(8)17(14,15)9-5-3-7-16-9/h3,5,7-8H,1-2,4,6H2,(H,12,13)/t8-/m0/s1. The van der Waals surface area contributed by atoms with Crippen molar-refractivity contribution in [2.24, 2.45) is 0 Å². The summed E-state index contributed by atoms with van der Waals surface area (Å²) in [7, 11) is -3.64. The number of piperidine rings is 1. The van der Waals surface area contributed by atoms with E-state index in [4.69, 9.17) is 5.11 Å². The molecule has 5 nitrogen and oxygen atoms in total. The summed E-state index contributed by atoms with van der Waals surface area (Å²) in [4.78, 5) is 11.1. The predicted octanol–water partition coefficient (Wildman–Crippen LogP) is 1.38. The van der Waals surface area contributed by atoms with Crippen LogP contribution < -0.4 is 0 Å². The third-order valence-corrected chi connectivity index (χ3v) is 6.08. The largest absolute Gasteiger partial charge is 0.480 e. The zero-order valence-corrected chi connectivity index (χ0v) is 10.7. The molecule has 1 aromatic rings. The second kappa shape index (κ2) is 4.75. The number of hydrogen-bond acceptors (Lipinski definition) is 4. The molecule has 0 bridgehead atoms. The van der Waals surface area contributed by atoms with Crippen LogP contribution in [0.4, 0.5) is 0 Å². The number of aliphatic carboxylic acids is 1. The van der Waals surface area contributed by atoms with Gasteiger partial charge in [0.15, 0.2) is 0 Å². The van der Waals surface area contributed by atoms with Gasteiger partial charge < -0.3 is 5.11 Å². The van der Waals surface area contributed by atoms with Crippen LogP contribution in [0.15, 0.2) is 21.7 Å². The Balaban J connectivity index is 2.34. The summed E-state index contributed by atoms with van der Waals surface area (Å²) in [5.74, 6) is -1.06. The van der Waals surface area contributed by atoms with Crippen molar-refractivity contribution in [3.8, 4) is 0 Å². The first kappa shape index (κ1) is 12.5. The van der Waals surface area contributed by atoms with Gasteiger partial charge in [-0.2, -0.15) is 4.31 Å². The molecule has 1 atom stereocenters. The molecule has 7 heteroatoms. The Hall–Kier alpha value is -0.920. The van der Waals surface area contributed by atoms with Crippen LogP contribution in [0.3, 0.4) is 0 Å². The van der Waals surface area contributed by atoms with Gasteiger partial charge in [0.2, 0.25) is 0 Å². The first-order chi connectivity index (χ1) is 8.03. The van der Waals surface area contributed by atoms with Crippen LogP contribution >= 0.6 is 11.3 Å². The summed E-state index contributed by atoms with van der Waals surface area (Å²) in [6.07, 6.45) is 1.86. The molecule has 0 spiro atoms. The number of sulfonamides is 1. The van der Waals surface area contributed by atoms with E-state index < -0.39 is 22.0 Å². The minimum atomic E-state index is -3.64. The molecule has 0 unspecified atom stereocenters. The minimum Gasteiger partial charge on any atom is -0.480 e. The monoisotopic (exact) mass is 275 g/mol. The van der Waals surface area contributed by atoms with Crippen molar-refractivity contribution in [2.45, 2.75) is 29.5 Å². The van der Waals surface area contributed by atoms with Crippen molar-refractivity contribution < 1.29 is 18.3 Å². The van der Waals surface area contributed by atoms with Crippen molar-refractivity contribution in [3.05, 3.63) is 17.5 Å². The number of carboxylic acid groups (broad SMARTS) is 1. The smallest absolute Gasteiger partial charge is 0.322 e. The van der Waals surface area contributed by atoms with Crippen LogP contribution in [0.25, 0.3) is 0 Å². The first-order valence-corrected chi connectivity index (χ1v) is 7.63. The summed E-state index contributed by atoms with van der Waals surface area (Å²) < 4.78 is 25.8. The molecule has 0 aliphatic carbocycles. The normalized spacial score (nSPS) is 22.5. The average Bonchev–Trinajstić information content (AvgIpc) is 2.83. The van der Waals surface area contributed by atoms with Gasteiger partial charge in [-0.3, -0.25) is 4.79 Å². The van der Waals surface area contributed by atoms with E-state index in [2.05, 4.69) is 0 Å². The van der Waals surface area contributed by atoms with Crippen molar-refractivity contribution in [1.29, 1.82) is 0 Å². The number of thiophene rings is 1. The van der Waals surface area contributed by atoms with Gasteiger partial charge in [-0.15, -0.1) is 11.3 Å². The molecule has 0 aromatic carbocycles. The van der Waals surface area contributed by atoms with E-state index in [1.165, 1.54) is 6.07 Å². The van der Waals surface area contributed by atoms with E-state index in [0.29, 0.717) is 12.8 Å². The van der Waals surface area contributed by atoms with Crippen LogP contribution in [0.1, 0.15) is 19.3 Å². The Labute approximate surface area is 104 Å². The van der Waals surface area contributed by atoms with E-state index in [-0.39, 0.29) is 10.8 Å². The van der Waals surface area contributed by atoms with Gasteiger partial charge >= 0.3 is 5.97 Å². The van der Waals surface area contributed by atoms with Gasteiger partial charge in [-0.05, 0) is 30.7 Å². The maximum atomic E-state index is 12.2. The highest BCUT2D eigenvalue weighted by atomic mass is 32.2. The number of rotatable bonds is 3. The van der Waals surface area contributed by atoms with Gasteiger partial charge in [0.1, 0.15) is 10.3 Å². The van der Waals surface area contributed by atoms with Crippen molar-refractivity contribution >= 4 is 27.3 Å². The lowest BCUT2D eigenvalue weighted by Crippen LogP contribution is -2.47. The zero-order chi connectivity index (χ0) is 12.5. The van der Waals surface area contributed by atoms with Crippen molar-refractivity contribution in [3.63, 3.8) is 0 Å². The van der Waals surface area contributed by atoms with E-state index >= 15 is 0 Å². The molecular weight excluding hydrogens is 262 g/mol. The van der Waals surface area contributed by atoms with Gasteiger partial charge in [0, 0.05) is 6.54 Å². The van der Waals surface area contributed by atoms with Crippen molar-refractivity contribution in [1.82, 2.24) is 4.31 Å². The third kappa shape index (κ3) is 2.36. The second-order valence-corrected chi connectivity index (χ2v) is 6.96. The molecule has 1 N–H and O–H groups in total. The lowest BCUT2D eigenvalue weighted by Gasteiger charge is -2.31. The fourth-order valence-electron chi connectivity index (χ4n) is 1.97. The highest BCUT2D eigenvalue weighted by Gasteiger charge is 2.37. The Morgan fingerprint density at radius 2 is 2.24 bits per heavy atom. The number of hydrogen-bond donors (Lipinski definition) is 1. The fourth-order valence-corrected chi connectivity index (χ4v) is 4.74. The molecule has 1 fully saturated rings. The molecule has 0 amide bonds. The molecule has 1 saturated heterocycles. The Kier molecular flexibility index (Phi) is 3.50. The van der Waals surface area contributed by atoms with E-state index in [1.54, 1.807) is 11.4 Å². The Morgan fingerprint density at radius 3 is 2.82 bits per heavy atom. The third-order valence-electron chi connectivity index (χ3n) is 2.80. The molecule has 94 valence electrons. The Bertz CT molecular complexity index is 494. The first-order valence-electron chi connectivity index (χ1n) is 5.31. The summed E-state index contributed by atoms with van der Waals surface area (Å²) in [5.41, 5.74) is 0. The maximum Gasteiger partial charge on any atom is 0.322 e. The molecular formula is C10H13NO4S2. The van der Waals surface area contributed by atoms with Crippen LogP contribution in [0, 0.1) is 0 Å². The van der Waals surface area contributed by atoms with Gasteiger partial charge in [-0.1, -0.05) is 6.07 Å². The summed E-state index contributed by atoms with van der Waals surface area (Å²) in [6, 6.07) is 2.24. The van der Waals surface area contributed by atoms with Crippen molar-refractivity contribution in [2.75, 3.05) is 6.54 Å².